The molecule has 240 valence electrons. The lowest BCUT2D eigenvalue weighted by atomic mass is 10.1. The van der Waals surface area contributed by atoms with E-state index in [4.69, 9.17) is 11.6 Å². The second-order valence-electron chi connectivity index (χ2n) is 9.35. The number of azo groups is 1. The quantitative estimate of drug-likeness (QED) is 0.0480. The van der Waals surface area contributed by atoms with Gasteiger partial charge in [0.15, 0.2) is 15.6 Å². The Morgan fingerprint density at radius 3 is 2.13 bits per heavy atom. The lowest BCUT2D eigenvalue weighted by molar-refractivity contribution is -0.384. The van der Waals surface area contributed by atoms with Crippen LogP contribution in [0.5, 0.6) is 11.5 Å². The summed E-state index contributed by atoms with van der Waals surface area (Å²) in [6.45, 7) is 3.28. The number of hydrogen-bond donors (Lipinski definition) is 5. The van der Waals surface area contributed by atoms with Crippen LogP contribution >= 0.6 is 11.6 Å². The van der Waals surface area contributed by atoms with E-state index in [9.17, 15) is 41.7 Å². The zero-order valence-corrected chi connectivity index (χ0v) is 25.7. The number of nitrogens with one attached hydrogen (secondary N) is 2. The second kappa shape index (κ2) is 12.6. The fourth-order valence-corrected chi connectivity index (χ4v) is 5.60. The number of hydrogen-bond acceptors (Lipinski definition) is 15. The highest BCUT2D eigenvalue weighted by Gasteiger charge is 2.23. The van der Waals surface area contributed by atoms with Crippen LogP contribution in [0.3, 0.4) is 0 Å². The van der Waals surface area contributed by atoms with Gasteiger partial charge in [0.05, 0.1) is 9.82 Å². The van der Waals surface area contributed by atoms with Crippen LogP contribution in [0.25, 0.3) is 10.8 Å². The van der Waals surface area contributed by atoms with E-state index in [1.54, 1.807) is 0 Å². The lowest BCUT2D eigenvalue weighted by Crippen LogP contribution is -2.04. The summed E-state index contributed by atoms with van der Waals surface area (Å²) in [5.41, 5.74) is -0.828. The molecule has 0 atom stereocenters. The molecule has 47 heavy (non-hydrogen) atoms. The molecule has 5 N–H and O–H groups in total. The second-order valence-corrected chi connectivity index (χ2v) is 13.0. The molecule has 17 nitrogen and oxygen atoms in total. The number of fused-ring (bicyclic) bond motifs is 1. The number of nitro groups is 1. The average Bonchev–Trinajstić information content (AvgIpc) is 3.00. The van der Waals surface area contributed by atoms with E-state index in [1.165, 1.54) is 42.5 Å². The highest BCUT2D eigenvalue weighted by Crippen LogP contribution is 2.43. The van der Waals surface area contributed by atoms with Crippen molar-refractivity contribution < 1.29 is 36.5 Å². The van der Waals surface area contributed by atoms with Crippen LogP contribution in [0, 0.1) is 10.1 Å². The summed E-state index contributed by atoms with van der Waals surface area (Å²) in [6, 6.07) is 13.8. The van der Waals surface area contributed by atoms with Gasteiger partial charge in [-0.1, -0.05) is 6.58 Å². The third-order valence-corrected chi connectivity index (χ3v) is 8.68. The molecule has 20 heteroatoms. The Balaban J connectivity index is 1.46. The van der Waals surface area contributed by atoms with Crippen molar-refractivity contribution in [3.8, 4) is 11.5 Å². The van der Waals surface area contributed by atoms with Crippen molar-refractivity contribution in [2.45, 2.75) is 9.79 Å². The van der Waals surface area contributed by atoms with Gasteiger partial charge in [-0.25, -0.2) is 8.42 Å². The molecule has 0 fully saturated rings. The van der Waals surface area contributed by atoms with Crippen LogP contribution in [0.4, 0.5) is 40.3 Å². The fourth-order valence-electron chi connectivity index (χ4n) is 4.08. The van der Waals surface area contributed by atoms with Crippen molar-refractivity contribution >= 4 is 82.7 Å². The van der Waals surface area contributed by atoms with E-state index in [1.807, 2.05) is 0 Å². The maximum atomic E-state index is 12.3. The van der Waals surface area contributed by atoms with Gasteiger partial charge >= 0.3 is 0 Å². The summed E-state index contributed by atoms with van der Waals surface area (Å²) in [7, 11) is -8.64. The van der Waals surface area contributed by atoms with Crippen LogP contribution in [-0.4, -0.2) is 51.5 Å². The number of sulfone groups is 1. The highest BCUT2D eigenvalue weighted by molar-refractivity contribution is 7.94. The van der Waals surface area contributed by atoms with Crippen molar-refractivity contribution in [3.05, 3.63) is 94.1 Å². The monoisotopic (exact) mass is 698 g/mol. The number of phenols is 2. The number of aromatic nitrogens is 3. The molecule has 0 aliphatic carbocycles. The number of nitrogens with zero attached hydrogens (tertiary/aromatic N) is 6. The summed E-state index contributed by atoms with van der Waals surface area (Å²) in [5.74, 6) is -1.29. The molecule has 1 aromatic heterocycles. The van der Waals surface area contributed by atoms with Gasteiger partial charge in [-0.05, 0) is 71.6 Å². The van der Waals surface area contributed by atoms with Crippen LogP contribution in [0.2, 0.25) is 5.28 Å². The molecule has 0 bridgehead atoms. The Labute approximate surface area is 269 Å². The van der Waals surface area contributed by atoms with Crippen LogP contribution in [0.1, 0.15) is 0 Å². The van der Waals surface area contributed by atoms with Crippen molar-refractivity contribution in [3.63, 3.8) is 0 Å². The van der Waals surface area contributed by atoms with Gasteiger partial charge in [0.25, 0.3) is 15.8 Å². The predicted molar refractivity (Wildman–Crippen MR) is 170 cm³/mol. The number of halogens is 1. The van der Waals surface area contributed by atoms with Gasteiger partial charge in [0, 0.05) is 34.3 Å². The average molecular weight is 699 g/mol. The Morgan fingerprint density at radius 2 is 1.51 bits per heavy atom. The van der Waals surface area contributed by atoms with Gasteiger partial charge in [-0.15, -0.1) is 10.2 Å². The van der Waals surface area contributed by atoms with E-state index in [0.29, 0.717) is 5.69 Å². The maximum absolute atomic E-state index is 12.3. The third-order valence-electron chi connectivity index (χ3n) is 6.28. The molecule has 0 aliphatic rings. The molecule has 0 radical (unpaired) electrons. The Hall–Kier alpha value is -5.76. The predicted octanol–water partition coefficient (Wildman–Crippen LogP) is 6.06. The van der Waals surface area contributed by atoms with Crippen LogP contribution < -0.4 is 10.6 Å². The standard InChI is InChI=1S/C27H19ClN8O9S2/c1-2-46(41,42)18-7-3-15(4-8-18)29-26-31-25(28)32-27(33-26)30-16-5-9-19-14(11-16)12-22(47(43,44)45)23(24(19)38)35-34-20-13-17(36(39)40)6-10-21(20)37/h2-13,37-38H,1H2,(H,43,44,45)(H2,29,30,31,32,33). The minimum absolute atomic E-state index is 0.0105. The first-order chi connectivity index (χ1) is 22.1. The minimum Gasteiger partial charge on any atom is -0.506 e. The lowest BCUT2D eigenvalue weighted by Gasteiger charge is -2.12. The minimum atomic E-state index is -5.01. The molecular formula is C27H19ClN8O9S2. The first-order valence-corrected chi connectivity index (χ1v) is 16.1. The number of benzene rings is 4. The number of rotatable bonds is 10. The van der Waals surface area contributed by atoms with Gasteiger partial charge in [0.2, 0.25) is 17.2 Å². The zero-order chi connectivity index (χ0) is 34.1. The van der Waals surface area contributed by atoms with Crippen molar-refractivity contribution in [2.24, 2.45) is 10.2 Å². The molecule has 5 aromatic rings. The van der Waals surface area contributed by atoms with Gasteiger partial charge in [0.1, 0.15) is 22.0 Å². The normalized spacial score (nSPS) is 11.9. The first-order valence-electron chi connectivity index (χ1n) is 12.7. The SMILES string of the molecule is C=CS(=O)(=O)c1ccc(Nc2nc(Cl)nc(Nc3ccc4c(O)c(N=Nc5cc([N+](=O)[O-])ccc5O)c(S(=O)(=O)O)cc4c3)n2)cc1. The van der Waals surface area contributed by atoms with Gasteiger partial charge < -0.3 is 20.8 Å². The molecule has 0 saturated heterocycles. The molecule has 4 aromatic carbocycles. The summed E-state index contributed by atoms with van der Waals surface area (Å²) < 4.78 is 58.3. The van der Waals surface area contributed by atoms with Crippen molar-refractivity contribution in [2.75, 3.05) is 10.6 Å². The Bertz CT molecular complexity index is 2340. The first kappa shape index (κ1) is 32.6. The maximum Gasteiger partial charge on any atom is 0.296 e. The van der Waals surface area contributed by atoms with Crippen molar-refractivity contribution in [1.82, 2.24) is 15.0 Å². The van der Waals surface area contributed by atoms with Crippen molar-refractivity contribution in [1.29, 1.82) is 0 Å². The molecule has 0 spiro atoms. The summed E-state index contributed by atoms with van der Waals surface area (Å²) in [6.07, 6.45) is 0. The van der Waals surface area contributed by atoms with Gasteiger partial charge in [-0.3, -0.25) is 14.7 Å². The number of anilines is 4. The van der Waals surface area contributed by atoms with Crippen LogP contribution in [-0.2, 0) is 20.0 Å². The Kier molecular flexibility index (Phi) is 8.72. The zero-order valence-electron chi connectivity index (χ0n) is 23.3. The Morgan fingerprint density at radius 1 is 0.872 bits per heavy atom. The van der Waals surface area contributed by atoms with E-state index in [2.05, 4.69) is 42.4 Å². The number of non-ortho nitro benzene ring substituents is 1. The summed E-state index contributed by atoms with van der Waals surface area (Å²) in [4.78, 5) is 21.7. The van der Waals surface area contributed by atoms with E-state index < -0.39 is 58.3 Å². The molecule has 0 aliphatic heterocycles. The van der Waals surface area contributed by atoms with E-state index >= 15 is 0 Å². The number of phenolic OH excluding ortho intramolecular Hbond substituents is 2. The summed E-state index contributed by atoms with van der Waals surface area (Å²) >= 11 is 6.07. The summed E-state index contributed by atoms with van der Waals surface area (Å²) in [5, 5.41) is 45.9. The number of nitro benzene ring substituents is 1. The molecule has 0 saturated carbocycles. The van der Waals surface area contributed by atoms with Crippen LogP contribution in [0.15, 0.2) is 98.7 Å². The molecule has 5 rings (SSSR count). The molecular weight excluding hydrogens is 680 g/mol. The molecule has 1 heterocycles. The largest absolute Gasteiger partial charge is 0.506 e. The smallest absolute Gasteiger partial charge is 0.296 e. The van der Waals surface area contributed by atoms with Gasteiger partial charge in [-0.2, -0.15) is 23.4 Å². The number of aromatic hydroxyl groups is 2. The topological polar surface area (TPSA) is 260 Å². The van der Waals surface area contributed by atoms with E-state index in [-0.39, 0.29) is 38.5 Å². The molecule has 0 amide bonds. The highest BCUT2D eigenvalue weighted by atomic mass is 35.5. The van der Waals surface area contributed by atoms with E-state index in [0.717, 1.165) is 29.7 Å². The fraction of sp³-hybridized carbons (Fsp3) is 0. The molecule has 0 unspecified atom stereocenters. The third kappa shape index (κ3) is 7.23.